The van der Waals surface area contributed by atoms with Gasteiger partial charge < -0.3 is 15.1 Å². The van der Waals surface area contributed by atoms with Gasteiger partial charge in [0.2, 0.25) is 5.88 Å². The fourth-order valence-electron chi connectivity index (χ4n) is 4.05. The summed E-state index contributed by atoms with van der Waals surface area (Å²) in [5.41, 5.74) is 3.22. The topological polar surface area (TPSA) is 87.5 Å². The van der Waals surface area contributed by atoms with Gasteiger partial charge in [-0.2, -0.15) is 5.06 Å². The average molecular weight is 407 g/mol. The fraction of sp³-hybridized carbons (Fsp3) is 0.261. The van der Waals surface area contributed by atoms with Crippen molar-refractivity contribution in [2.75, 3.05) is 13.1 Å². The summed E-state index contributed by atoms with van der Waals surface area (Å²) in [4.78, 5) is 15.3. The van der Waals surface area contributed by atoms with Gasteiger partial charge in [-0.1, -0.05) is 54.6 Å². The fourth-order valence-corrected chi connectivity index (χ4v) is 4.05. The lowest BCUT2D eigenvalue weighted by Crippen LogP contribution is -2.39. The highest BCUT2D eigenvalue weighted by molar-refractivity contribution is 5.86. The van der Waals surface area contributed by atoms with Crippen molar-refractivity contribution >= 4 is 5.97 Å². The molecule has 7 heteroatoms. The van der Waals surface area contributed by atoms with Crippen molar-refractivity contribution in [2.24, 2.45) is 0 Å². The Kier molecular flexibility index (Phi) is 5.74. The SMILES string of the molecule is O=C(O)C1=CN(C[C@@H]2CCCN2Cc2ccc(-c3ccccc3)cc2)C=C(O)N1O. The number of carbonyl (C=O) groups is 1. The van der Waals surface area contributed by atoms with E-state index in [-0.39, 0.29) is 16.8 Å². The zero-order valence-corrected chi connectivity index (χ0v) is 16.6. The Hall–Kier alpha value is -3.29. The van der Waals surface area contributed by atoms with E-state index in [1.54, 1.807) is 4.90 Å². The molecule has 2 heterocycles. The summed E-state index contributed by atoms with van der Waals surface area (Å²) in [5, 5.41) is 29.0. The van der Waals surface area contributed by atoms with E-state index >= 15 is 0 Å². The van der Waals surface area contributed by atoms with Crippen molar-refractivity contribution in [1.29, 1.82) is 0 Å². The summed E-state index contributed by atoms with van der Waals surface area (Å²) in [7, 11) is 0. The lowest BCUT2D eigenvalue weighted by Gasteiger charge is -2.31. The molecule has 1 fully saturated rings. The summed E-state index contributed by atoms with van der Waals surface area (Å²) in [5.74, 6) is -1.81. The molecule has 0 aromatic heterocycles. The second kappa shape index (κ2) is 8.61. The number of aliphatic carboxylic acids is 1. The first-order valence-corrected chi connectivity index (χ1v) is 10.0. The third-order valence-corrected chi connectivity index (χ3v) is 5.60. The van der Waals surface area contributed by atoms with Gasteiger partial charge in [0.25, 0.3) is 0 Å². The van der Waals surface area contributed by atoms with Crippen LogP contribution in [0.4, 0.5) is 0 Å². The zero-order valence-electron chi connectivity index (χ0n) is 16.6. The number of carboxylic acid groups (broad SMARTS) is 1. The largest absolute Gasteiger partial charge is 0.492 e. The number of aliphatic hydroxyl groups excluding tert-OH is 1. The minimum atomic E-state index is -1.30. The zero-order chi connectivity index (χ0) is 21.1. The molecule has 4 rings (SSSR count). The lowest BCUT2D eigenvalue weighted by atomic mass is 10.0. The van der Waals surface area contributed by atoms with Crippen molar-refractivity contribution < 1.29 is 20.2 Å². The number of hydrogen-bond acceptors (Lipinski definition) is 6. The van der Waals surface area contributed by atoms with Crippen LogP contribution in [0.25, 0.3) is 11.1 Å². The van der Waals surface area contributed by atoms with E-state index < -0.39 is 11.9 Å². The number of hydrogen-bond donors (Lipinski definition) is 3. The van der Waals surface area contributed by atoms with E-state index in [1.165, 1.54) is 29.1 Å². The van der Waals surface area contributed by atoms with Crippen LogP contribution in [0.2, 0.25) is 0 Å². The van der Waals surface area contributed by atoms with Gasteiger partial charge in [-0.25, -0.2) is 4.79 Å². The molecule has 0 radical (unpaired) electrons. The first kappa shape index (κ1) is 20.0. The van der Waals surface area contributed by atoms with Gasteiger partial charge in [-0.15, -0.1) is 0 Å². The molecule has 30 heavy (non-hydrogen) atoms. The molecule has 2 aromatic rings. The first-order chi connectivity index (χ1) is 14.5. The van der Waals surface area contributed by atoms with Crippen molar-refractivity contribution in [3.8, 4) is 11.1 Å². The van der Waals surface area contributed by atoms with Crippen LogP contribution < -0.4 is 0 Å². The standard InChI is InChI=1S/C23H25N3O4/c27-22-16-24(15-21(23(28)29)26(22)30)14-20-7-4-12-25(20)13-17-8-10-19(11-9-17)18-5-2-1-3-6-18/h1-3,5-6,8-11,15-16,20,27,30H,4,7,12-14H2,(H,28,29)/t20-/m0/s1. The molecule has 2 aliphatic rings. The molecule has 0 bridgehead atoms. The maximum absolute atomic E-state index is 11.3. The number of likely N-dealkylation sites (tertiary alicyclic amines) is 1. The van der Waals surface area contributed by atoms with Crippen LogP contribution in [0.1, 0.15) is 18.4 Å². The van der Waals surface area contributed by atoms with Crippen molar-refractivity contribution in [2.45, 2.75) is 25.4 Å². The Bertz CT molecular complexity index is 956. The van der Waals surface area contributed by atoms with E-state index in [0.717, 1.165) is 25.9 Å². The highest BCUT2D eigenvalue weighted by atomic mass is 16.5. The molecule has 1 saturated heterocycles. The molecule has 3 N–H and O–H groups in total. The van der Waals surface area contributed by atoms with E-state index in [1.807, 2.05) is 18.2 Å². The molecule has 156 valence electrons. The Morgan fingerprint density at radius 3 is 2.40 bits per heavy atom. The Morgan fingerprint density at radius 2 is 1.70 bits per heavy atom. The molecular weight excluding hydrogens is 382 g/mol. The monoisotopic (exact) mass is 407 g/mol. The van der Waals surface area contributed by atoms with Gasteiger partial charge in [0, 0.05) is 25.3 Å². The predicted molar refractivity (Wildman–Crippen MR) is 112 cm³/mol. The first-order valence-electron chi connectivity index (χ1n) is 10.0. The molecule has 0 spiro atoms. The third kappa shape index (κ3) is 4.32. The Morgan fingerprint density at radius 1 is 1.00 bits per heavy atom. The van der Waals surface area contributed by atoms with Gasteiger partial charge in [-0.05, 0) is 36.1 Å². The van der Waals surface area contributed by atoms with Crippen LogP contribution in [0, 0.1) is 0 Å². The second-order valence-corrected chi connectivity index (χ2v) is 7.64. The van der Waals surface area contributed by atoms with Crippen LogP contribution in [-0.4, -0.2) is 55.4 Å². The number of benzene rings is 2. The lowest BCUT2D eigenvalue weighted by molar-refractivity contribution is -0.143. The van der Waals surface area contributed by atoms with Crippen LogP contribution in [0.5, 0.6) is 0 Å². The molecule has 7 nitrogen and oxygen atoms in total. The van der Waals surface area contributed by atoms with Crippen molar-refractivity contribution in [3.63, 3.8) is 0 Å². The highest BCUT2D eigenvalue weighted by Gasteiger charge is 2.29. The molecule has 0 aliphatic carbocycles. The molecular formula is C23H25N3O4. The molecule has 2 aliphatic heterocycles. The van der Waals surface area contributed by atoms with Gasteiger partial charge in [-0.3, -0.25) is 10.1 Å². The highest BCUT2D eigenvalue weighted by Crippen LogP contribution is 2.25. The molecule has 0 unspecified atom stereocenters. The average Bonchev–Trinajstić information content (AvgIpc) is 3.18. The Labute approximate surface area is 175 Å². The predicted octanol–water partition coefficient (Wildman–Crippen LogP) is 3.61. The molecule has 2 aromatic carbocycles. The van der Waals surface area contributed by atoms with Crippen LogP contribution in [0.3, 0.4) is 0 Å². The maximum atomic E-state index is 11.3. The number of hydroxylamine groups is 2. The molecule has 0 amide bonds. The van der Waals surface area contributed by atoms with E-state index in [4.69, 9.17) is 0 Å². The van der Waals surface area contributed by atoms with Gasteiger partial charge in [0.1, 0.15) is 0 Å². The summed E-state index contributed by atoms with van der Waals surface area (Å²) in [6, 6.07) is 19.1. The van der Waals surface area contributed by atoms with E-state index in [9.17, 15) is 20.2 Å². The number of carboxylic acids is 1. The third-order valence-electron chi connectivity index (χ3n) is 5.60. The number of nitrogens with zero attached hydrogens (tertiary/aromatic N) is 3. The summed E-state index contributed by atoms with van der Waals surface area (Å²) >= 11 is 0. The smallest absolute Gasteiger partial charge is 0.356 e. The van der Waals surface area contributed by atoms with Gasteiger partial charge in [0.05, 0.1) is 6.20 Å². The van der Waals surface area contributed by atoms with E-state index in [2.05, 4.69) is 41.3 Å². The number of aliphatic hydroxyl groups is 1. The Balaban J connectivity index is 1.42. The van der Waals surface area contributed by atoms with Crippen LogP contribution >= 0.6 is 0 Å². The summed E-state index contributed by atoms with van der Waals surface area (Å²) < 4.78 is 0. The normalized spacial score (nSPS) is 19.6. The van der Waals surface area contributed by atoms with Crippen molar-refractivity contribution in [3.05, 3.63) is 84.1 Å². The summed E-state index contributed by atoms with van der Waals surface area (Å²) in [6.07, 6.45) is 4.75. The minimum absolute atomic E-state index is 0.222. The minimum Gasteiger partial charge on any atom is -0.492 e. The van der Waals surface area contributed by atoms with Crippen molar-refractivity contribution in [1.82, 2.24) is 14.9 Å². The maximum Gasteiger partial charge on any atom is 0.356 e. The van der Waals surface area contributed by atoms with Gasteiger partial charge in [0.15, 0.2) is 5.70 Å². The van der Waals surface area contributed by atoms with E-state index in [0.29, 0.717) is 6.54 Å². The van der Waals surface area contributed by atoms with Gasteiger partial charge >= 0.3 is 5.97 Å². The van der Waals surface area contributed by atoms with Crippen LogP contribution in [0.15, 0.2) is 78.6 Å². The molecule has 1 atom stereocenters. The summed E-state index contributed by atoms with van der Waals surface area (Å²) in [6.45, 7) is 2.32. The second-order valence-electron chi connectivity index (χ2n) is 7.64. The quantitative estimate of drug-likeness (QED) is 0.674. The molecule has 0 saturated carbocycles. The van der Waals surface area contributed by atoms with Crippen LogP contribution in [-0.2, 0) is 11.3 Å². The number of rotatable bonds is 6.